The van der Waals surface area contributed by atoms with Crippen LogP contribution in [0.1, 0.15) is 26.2 Å². The highest BCUT2D eigenvalue weighted by Crippen LogP contribution is 1.97. The summed E-state index contributed by atoms with van der Waals surface area (Å²) in [5, 5.41) is 0. The van der Waals surface area contributed by atoms with Crippen LogP contribution in [0.2, 0.25) is 0 Å². The maximum Gasteiger partial charge on any atom is 0.0594 e. The van der Waals surface area contributed by atoms with Crippen LogP contribution in [0.25, 0.3) is 0 Å². The summed E-state index contributed by atoms with van der Waals surface area (Å²) in [6.45, 7) is 8.99. The number of morpholine rings is 1. The van der Waals surface area contributed by atoms with E-state index in [2.05, 4.69) is 11.8 Å². The molecule has 1 rings (SSSR count). The van der Waals surface area contributed by atoms with Crippen LogP contribution in [0.5, 0.6) is 0 Å². The third kappa shape index (κ3) is 5.58. The zero-order valence-corrected chi connectivity index (χ0v) is 9.33. The predicted molar refractivity (Wildman–Crippen MR) is 57.6 cm³/mol. The summed E-state index contributed by atoms with van der Waals surface area (Å²) in [4.78, 5) is 2.41. The molecule has 0 spiro atoms. The van der Waals surface area contributed by atoms with Crippen molar-refractivity contribution in [1.82, 2.24) is 4.90 Å². The molecule has 1 heterocycles. The molecule has 0 atom stereocenters. The van der Waals surface area contributed by atoms with Crippen molar-refractivity contribution >= 4 is 0 Å². The van der Waals surface area contributed by atoms with Crippen molar-refractivity contribution in [3.63, 3.8) is 0 Å². The van der Waals surface area contributed by atoms with E-state index in [1.807, 2.05) is 0 Å². The van der Waals surface area contributed by atoms with E-state index in [-0.39, 0.29) is 0 Å². The van der Waals surface area contributed by atoms with Crippen LogP contribution in [0, 0.1) is 0 Å². The van der Waals surface area contributed by atoms with Crippen LogP contribution < -0.4 is 0 Å². The molecule has 0 radical (unpaired) electrons. The second-order valence-electron chi connectivity index (χ2n) is 3.77. The molecule has 14 heavy (non-hydrogen) atoms. The summed E-state index contributed by atoms with van der Waals surface area (Å²) in [5.41, 5.74) is 0. The van der Waals surface area contributed by atoms with E-state index in [1.165, 1.54) is 19.3 Å². The summed E-state index contributed by atoms with van der Waals surface area (Å²) >= 11 is 0. The summed E-state index contributed by atoms with van der Waals surface area (Å²) in [5.74, 6) is 0. The van der Waals surface area contributed by atoms with E-state index < -0.39 is 0 Å². The summed E-state index contributed by atoms with van der Waals surface area (Å²) < 4.78 is 10.8. The van der Waals surface area contributed by atoms with E-state index in [4.69, 9.17) is 9.47 Å². The molecule has 0 aromatic rings. The zero-order valence-electron chi connectivity index (χ0n) is 9.33. The Hall–Kier alpha value is -0.120. The second-order valence-corrected chi connectivity index (χ2v) is 3.77. The van der Waals surface area contributed by atoms with Crippen molar-refractivity contribution in [1.29, 1.82) is 0 Å². The molecular weight excluding hydrogens is 178 g/mol. The van der Waals surface area contributed by atoms with E-state index in [9.17, 15) is 0 Å². The van der Waals surface area contributed by atoms with Gasteiger partial charge in [-0.25, -0.2) is 0 Å². The number of nitrogens with zero attached hydrogens (tertiary/aromatic N) is 1. The maximum atomic E-state index is 5.56. The van der Waals surface area contributed by atoms with Crippen LogP contribution in [0.15, 0.2) is 0 Å². The molecule has 0 aromatic heterocycles. The van der Waals surface area contributed by atoms with E-state index in [0.29, 0.717) is 0 Å². The normalized spacial score (nSPS) is 18.6. The van der Waals surface area contributed by atoms with Gasteiger partial charge in [-0.1, -0.05) is 19.8 Å². The Kier molecular flexibility index (Phi) is 7.01. The smallest absolute Gasteiger partial charge is 0.0594 e. The largest absolute Gasteiger partial charge is 0.380 e. The first-order valence-electron chi connectivity index (χ1n) is 5.81. The van der Waals surface area contributed by atoms with Gasteiger partial charge in [-0.2, -0.15) is 0 Å². The predicted octanol–water partition coefficient (Wildman–Crippen LogP) is 1.53. The average molecular weight is 201 g/mol. The van der Waals surface area contributed by atoms with Gasteiger partial charge in [0.1, 0.15) is 0 Å². The number of unbranched alkanes of at least 4 members (excludes halogenated alkanes) is 2. The van der Waals surface area contributed by atoms with Crippen molar-refractivity contribution in [2.24, 2.45) is 0 Å². The van der Waals surface area contributed by atoms with E-state index in [1.54, 1.807) is 0 Å². The standard InChI is InChI=1S/C11H23NO2/c1-2-3-4-8-13-9-5-12-6-10-14-11-7-12/h2-11H2,1H3. The molecule has 0 unspecified atom stereocenters. The quantitative estimate of drug-likeness (QED) is 0.583. The first-order valence-corrected chi connectivity index (χ1v) is 5.81. The van der Waals surface area contributed by atoms with Gasteiger partial charge >= 0.3 is 0 Å². The Bertz CT molecular complexity index is 124. The van der Waals surface area contributed by atoms with E-state index >= 15 is 0 Å². The van der Waals surface area contributed by atoms with Gasteiger partial charge in [-0.15, -0.1) is 0 Å². The lowest BCUT2D eigenvalue weighted by Crippen LogP contribution is -2.38. The van der Waals surface area contributed by atoms with Gasteiger partial charge in [-0.05, 0) is 6.42 Å². The summed E-state index contributed by atoms with van der Waals surface area (Å²) in [6, 6.07) is 0. The Morgan fingerprint density at radius 1 is 1.14 bits per heavy atom. The fourth-order valence-corrected chi connectivity index (χ4v) is 1.57. The molecule has 3 heteroatoms. The van der Waals surface area contributed by atoms with Crippen molar-refractivity contribution in [3.8, 4) is 0 Å². The Morgan fingerprint density at radius 2 is 1.93 bits per heavy atom. The molecule has 0 bridgehead atoms. The molecule has 0 aliphatic carbocycles. The fourth-order valence-electron chi connectivity index (χ4n) is 1.57. The SMILES string of the molecule is CCCCCOCCN1CCOCC1. The highest BCUT2D eigenvalue weighted by atomic mass is 16.5. The topological polar surface area (TPSA) is 21.7 Å². The molecule has 0 N–H and O–H groups in total. The Labute approximate surface area is 87.4 Å². The van der Waals surface area contributed by atoms with Crippen molar-refractivity contribution in [2.75, 3.05) is 46.1 Å². The highest BCUT2D eigenvalue weighted by Gasteiger charge is 2.08. The molecule has 84 valence electrons. The molecule has 0 amide bonds. The number of ether oxygens (including phenoxy) is 2. The van der Waals surface area contributed by atoms with Crippen LogP contribution in [-0.2, 0) is 9.47 Å². The molecule has 3 nitrogen and oxygen atoms in total. The van der Waals surface area contributed by atoms with Gasteiger partial charge in [-0.3, -0.25) is 4.90 Å². The van der Waals surface area contributed by atoms with E-state index in [0.717, 1.165) is 46.1 Å². The second kappa shape index (κ2) is 8.21. The Morgan fingerprint density at radius 3 is 2.64 bits per heavy atom. The summed E-state index contributed by atoms with van der Waals surface area (Å²) in [6.07, 6.45) is 3.77. The van der Waals surface area contributed by atoms with Gasteiger partial charge < -0.3 is 9.47 Å². The van der Waals surface area contributed by atoms with Crippen LogP contribution >= 0.6 is 0 Å². The lowest BCUT2D eigenvalue weighted by molar-refractivity contribution is 0.0200. The Balaban J connectivity index is 1.82. The fraction of sp³-hybridized carbons (Fsp3) is 1.00. The van der Waals surface area contributed by atoms with Crippen molar-refractivity contribution in [3.05, 3.63) is 0 Å². The van der Waals surface area contributed by atoms with Crippen LogP contribution in [0.3, 0.4) is 0 Å². The monoisotopic (exact) mass is 201 g/mol. The minimum Gasteiger partial charge on any atom is -0.380 e. The third-order valence-electron chi connectivity index (χ3n) is 2.55. The molecule has 0 aromatic carbocycles. The minimum absolute atomic E-state index is 0.879. The minimum atomic E-state index is 0.879. The van der Waals surface area contributed by atoms with Gasteiger partial charge in [0.25, 0.3) is 0 Å². The number of rotatable bonds is 7. The molecule has 1 aliphatic heterocycles. The molecule has 1 aliphatic rings. The van der Waals surface area contributed by atoms with Crippen molar-refractivity contribution in [2.45, 2.75) is 26.2 Å². The zero-order chi connectivity index (χ0) is 10.1. The molecular formula is C11H23NO2. The molecule has 1 fully saturated rings. The molecule has 0 saturated carbocycles. The van der Waals surface area contributed by atoms with Crippen LogP contribution in [-0.4, -0.2) is 51.0 Å². The third-order valence-corrected chi connectivity index (χ3v) is 2.55. The average Bonchev–Trinajstić information content (AvgIpc) is 2.25. The lowest BCUT2D eigenvalue weighted by Gasteiger charge is -2.26. The number of hydrogen-bond acceptors (Lipinski definition) is 3. The maximum absolute atomic E-state index is 5.56. The number of hydrogen-bond donors (Lipinski definition) is 0. The molecule has 1 saturated heterocycles. The summed E-state index contributed by atoms with van der Waals surface area (Å²) in [7, 11) is 0. The van der Waals surface area contributed by atoms with Crippen LogP contribution in [0.4, 0.5) is 0 Å². The highest BCUT2D eigenvalue weighted by molar-refractivity contribution is 4.60. The van der Waals surface area contributed by atoms with Gasteiger partial charge in [0.2, 0.25) is 0 Å². The van der Waals surface area contributed by atoms with Crippen molar-refractivity contribution < 1.29 is 9.47 Å². The lowest BCUT2D eigenvalue weighted by atomic mass is 10.3. The van der Waals surface area contributed by atoms with Gasteiger partial charge in [0.05, 0.1) is 19.8 Å². The first-order chi connectivity index (χ1) is 6.93. The van der Waals surface area contributed by atoms with Gasteiger partial charge in [0, 0.05) is 26.2 Å². The first kappa shape index (κ1) is 12.0. The van der Waals surface area contributed by atoms with Gasteiger partial charge in [0.15, 0.2) is 0 Å².